The summed E-state index contributed by atoms with van der Waals surface area (Å²) < 4.78 is 44.8. The molecule has 4 N–H and O–H groups in total. The number of hydrogen-bond donors (Lipinski definition) is 4. The summed E-state index contributed by atoms with van der Waals surface area (Å²) in [5.41, 5.74) is 3.62. The molecule has 3 rings (SSSR count). The number of hydrazone groups is 1. The molecule has 0 aliphatic carbocycles. The number of alkyl halides is 3. The van der Waals surface area contributed by atoms with E-state index in [1.807, 2.05) is 6.92 Å². The van der Waals surface area contributed by atoms with Gasteiger partial charge in [-0.2, -0.15) is 18.3 Å². The van der Waals surface area contributed by atoms with Crippen molar-refractivity contribution in [3.8, 4) is 5.75 Å². The molecule has 0 aromatic heterocycles. The van der Waals surface area contributed by atoms with Crippen LogP contribution in [0.3, 0.4) is 0 Å². The van der Waals surface area contributed by atoms with E-state index in [-0.39, 0.29) is 36.2 Å². The predicted molar refractivity (Wildman–Crippen MR) is 114 cm³/mol. The van der Waals surface area contributed by atoms with Crippen LogP contribution < -0.4 is 15.5 Å². The second-order valence-electron chi connectivity index (χ2n) is 6.46. The standard InChI is InChI=1S/C19H18F3N3O2.2CH2O2/c1-11-9-17(26)24-25-18(11)12-3-5-13(6-4-12)23-16-8-7-14(27-2)10-15(16)19(20,21)22;2*2-1-3/h3-8,10-11,23H,9H2,1-2H3,(H,24,26);2*1H,(H,2,3). The van der Waals surface area contributed by atoms with E-state index in [1.54, 1.807) is 24.3 Å². The van der Waals surface area contributed by atoms with Crippen LogP contribution in [0.5, 0.6) is 5.75 Å². The van der Waals surface area contributed by atoms with Gasteiger partial charge in [0.2, 0.25) is 5.91 Å². The number of benzene rings is 2. The molecule has 2 aromatic rings. The van der Waals surface area contributed by atoms with Crippen molar-refractivity contribution in [1.82, 2.24) is 5.43 Å². The third-order valence-corrected chi connectivity index (χ3v) is 4.25. The molecule has 0 spiro atoms. The van der Waals surface area contributed by atoms with Crippen molar-refractivity contribution in [3.63, 3.8) is 0 Å². The molecule has 0 fully saturated rings. The number of carboxylic acid groups (broad SMARTS) is 2. The highest BCUT2D eigenvalue weighted by Crippen LogP contribution is 2.38. The zero-order chi connectivity index (χ0) is 25.0. The molecule has 178 valence electrons. The molecule has 1 aliphatic rings. The molecule has 1 unspecified atom stereocenters. The van der Waals surface area contributed by atoms with Gasteiger partial charge in [-0.15, -0.1) is 0 Å². The third-order valence-electron chi connectivity index (χ3n) is 4.25. The van der Waals surface area contributed by atoms with Gasteiger partial charge in [-0.3, -0.25) is 14.4 Å². The number of anilines is 2. The molecule has 0 saturated heterocycles. The molecule has 0 saturated carbocycles. The zero-order valence-electron chi connectivity index (χ0n) is 17.6. The van der Waals surface area contributed by atoms with Crippen molar-refractivity contribution in [2.75, 3.05) is 12.4 Å². The topological polar surface area (TPSA) is 137 Å². The summed E-state index contributed by atoms with van der Waals surface area (Å²) in [5.74, 6) is -0.0331. The van der Waals surface area contributed by atoms with Gasteiger partial charge in [0, 0.05) is 18.0 Å². The Morgan fingerprint density at radius 2 is 1.70 bits per heavy atom. The number of rotatable bonds is 4. The van der Waals surface area contributed by atoms with E-state index in [4.69, 9.17) is 24.5 Å². The van der Waals surface area contributed by atoms with Gasteiger partial charge in [0.25, 0.3) is 12.9 Å². The molecule has 0 radical (unpaired) electrons. The first-order valence-corrected chi connectivity index (χ1v) is 9.26. The number of hydrogen-bond acceptors (Lipinski definition) is 6. The highest BCUT2D eigenvalue weighted by Gasteiger charge is 2.34. The summed E-state index contributed by atoms with van der Waals surface area (Å²) in [6.07, 6.45) is -4.17. The van der Waals surface area contributed by atoms with E-state index in [9.17, 15) is 18.0 Å². The molecule has 9 nitrogen and oxygen atoms in total. The Hall–Kier alpha value is -4.09. The number of halogens is 3. The van der Waals surface area contributed by atoms with E-state index < -0.39 is 11.7 Å². The van der Waals surface area contributed by atoms with E-state index in [0.717, 1.165) is 17.3 Å². The lowest BCUT2D eigenvalue weighted by Gasteiger charge is -2.19. The molecular formula is C21H22F3N3O6. The van der Waals surface area contributed by atoms with Crippen LogP contribution in [0.1, 0.15) is 24.5 Å². The van der Waals surface area contributed by atoms with Crippen LogP contribution in [0, 0.1) is 5.92 Å². The fraction of sp³-hybridized carbons (Fsp3) is 0.238. The van der Waals surface area contributed by atoms with Gasteiger partial charge in [-0.05, 0) is 35.9 Å². The monoisotopic (exact) mass is 469 g/mol. The number of amides is 1. The second-order valence-corrected chi connectivity index (χ2v) is 6.46. The summed E-state index contributed by atoms with van der Waals surface area (Å²) in [6, 6.07) is 10.6. The molecule has 1 atom stereocenters. The minimum absolute atomic E-state index is 0.0315. The van der Waals surface area contributed by atoms with Crippen molar-refractivity contribution in [1.29, 1.82) is 0 Å². The normalized spacial score (nSPS) is 14.8. The van der Waals surface area contributed by atoms with E-state index in [2.05, 4.69) is 15.8 Å². The summed E-state index contributed by atoms with van der Waals surface area (Å²) in [4.78, 5) is 28.1. The van der Waals surface area contributed by atoms with Crippen LogP contribution in [0.4, 0.5) is 24.5 Å². The molecule has 0 bridgehead atoms. The van der Waals surface area contributed by atoms with Gasteiger partial charge in [-0.25, -0.2) is 5.43 Å². The number of methoxy groups -OCH3 is 1. The smallest absolute Gasteiger partial charge is 0.418 e. The van der Waals surface area contributed by atoms with Gasteiger partial charge in [0.1, 0.15) is 5.75 Å². The maximum atomic E-state index is 13.3. The van der Waals surface area contributed by atoms with Crippen molar-refractivity contribution < 1.29 is 42.5 Å². The summed E-state index contributed by atoms with van der Waals surface area (Å²) in [7, 11) is 1.32. The van der Waals surface area contributed by atoms with Crippen molar-refractivity contribution in [3.05, 3.63) is 53.6 Å². The van der Waals surface area contributed by atoms with Crippen LogP contribution in [0.25, 0.3) is 0 Å². The lowest BCUT2D eigenvalue weighted by molar-refractivity contribution is -0.137. The number of ether oxygens (including phenoxy) is 1. The SMILES string of the molecule is COc1ccc(Nc2ccc(C3=NNC(=O)CC3C)cc2)c(C(F)(F)F)c1.O=CO.O=CO. The summed E-state index contributed by atoms with van der Waals surface area (Å²) >= 11 is 0. The average molecular weight is 469 g/mol. The minimum Gasteiger partial charge on any atom is -0.497 e. The largest absolute Gasteiger partial charge is 0.497 e. The van der Waals surface area contributed by atoms with Crippen LogP contribution in [-0.2, 0) is 20.6 Å². The van der Waals surface area contributed by atoms with Gasteiger partial charge in [0.05, 0.1) is 24.1 Å². The van der Waals surface area contributed by atoms with Crippen LogP contribution in [0.15, 0.2) is 47.6 Å². The Labute approximate surface area is 186 Å². The zero-order valence-corrected chi connectivity index (χ0v) is 17.6. The molecule has 12 heteroatoms. The molecule has 2 aromatic carbocycles. The number of carbonyl (C=O) groups excluding carboxylic acids is 1. The molecule has 1 amide bonds. The van der Waals surface area contributed by atoms with Crippen LogP contribution >= 0.6 is 0 Å². The number of carbonyl (C=O) groups is 3. The van der Waals surface area contributed by atoms with E-state index in [0.29, 0.717) is 12.1 Å². The highest BCUT2D eigenvalue weighted by atomic mass is 19.4. The van der Waals surface area contributed by atoms with E-state index in [1.165, 1.54) is 19.2 Å². The maximum absolute atomic E-state index is 13.3. The average Bonchev–Trinajstić information content (AvgIpc) is 2.75. The second kappa shape index (κ2) is 12.7. The lowest BCUT2D eigenvalue weighted by Crippen LogP contribution is -2.31. The summed E-state index contributed by atoms with van der Waals surface area (Å²) in [5, 5.41) is 20.6. The van der Waals surface area contributed by atoms with Crippen LogP contribution in [0.2, 0.25) is 0 Å². The predicted octanol–water partition coefficient (Wildman–Crippen LogP) is 3.72. The van der Waals surface area contributed by atoms with Gasteiger partial charge in [-0.1, -0.05) is 19.1 Å². The first-order valence-electron chi connectivity index (χ1n) is 9.26. The van der Waals surface area contributed by atoms with Gasteiger partial charge < -0.3 is 20.3 Å². The quantitative estimate of drug-likeness (QED) is 0.501. The Morgan fingerprint density at radius 3 is 2.18 bits per heavy atom. The first-order chi connectivity index (χ1) is 15.6. The summed E-state index contributed by atoms with van der Waals surface area (Å²) in [6.45, 7) is 1.40. The first kappa shape index (κ1) is 26.9. The lowest BCUT2D eigenvalue weighted by atomic mass is 9.94. The molecule has 1 heterocycles. The fourth-order valence-corrected chi connectivity index (χ4v) is 2.88. The highest BCUT2D eigenvalue weighted by molar-refractivity contribution is 6.05. The van der Waals surface area contributed by atoms with Crippen molar-refractivity contribution in [2.24, 2.45) is 11.0 Å². The minimum atomic E-state index is -4.51. The van der Waals surface area contributed by atoms with Crippen molar-refractivity contribution >= 4 is 35.9 Å². The number of nitrogens with one attached hydrogen (secondary N) is 2. The maximum Gasteiger partial charge on any atom is 0.418 e. The van der Waals surface area contributed by atoms with Gasteiger partial charge in [0.15, 0.2) is 0 Å². The van der Waals surface area contributed by atoms with Gasteiger partial charge >= 0.3 is 6.18 Å². The number of nitrogens with zero attached hydrogens (tertiary/aromatic N) is 1. The Kier molecular flexibility index (Phi) is 10.4. The molecule has 1 aliphatic heterocycles. The molecular weight excluding hydrogens is 447 g/mol. The fourth-order valence-electron chi connectivity index (χ4n) is 2.88. The Morgan fingerprint density at radius 1 is 1.12 bits per heavy atom. The third kappa shape index (κ3) is 8.16. The Bertz CT molecular complexity index is 972. The van der Waals surface area contributed by atoms with E-state index >= 15 is 0 Å². The Balaban J connectivity index is 0.000000819. The van der Waals surface area contributed by atoms with Crippen LogP contribution in [-0.4, -0.2) is 41.9 Å². The molecule has 33 heavy (non-hydrogen) atoms. The van der Waals surface area contributed by atoms with Crippen molar-refractivity contribution in [2.45, 2.75) is 19.5 Å².